The van der Waals surface area contributed by atoms with E-state index in [0.29, 0.717) is 0 Å². The van der Waals surface area contributed by atoms with Crippen LogP contribution in [0.5, 0.6) is 0 Å². The van der Waals surface area contributed by atoms with Gasteiger partial charge in [-0.15, -0.1) is 0 Å². The van der Waals surface area contributed by atoms with Gasteiger partial charge >= 0.3 is 5.97 Å². The van der Waals surface area contributed by atoms with Crippen molar-refractivity contribution in [3.05, 3.63) is 12.2 Å². The van der Waals surface area contributed by atoms with Gasteiger partial charge in [-0.2, -0.15) is 0 Å². The van der Waals surface area contributed by atoms with E-state index in [4.69, 9.17) is 0 Å². The smallest absolute Gasteiger partial charge is 0.308 e. The molecule has 1 amide bonds. The fourth-order valence-electron chi connectivity index (χ4n) is 3.18. The first kappa shape index (κ1) is 14.1. The number of nitrogens with one attached hydrogen (secondary N) is 1. The molecule has 0 heterocycles. The molecule has 1 unspecified atom stereocenters. The van der Waals surface area contributed by atoms with Crippen LogP contribution in [-0.4, -0.2) is 23.5 Å². The molecule has 2 aliphatic carbocycles. The zero-order chi connectivity index (χ0) is 13.7. The molecule has 2 rings (SSSR count). The quantitative estimate of drug-likeness (QED) is 0.750. The molecule has 1 fully saturated rings. The van der Waals surface area contributed by atoms with Crippen LogP contribution in [0.1, 0.15) is 44.9 Å². The van der Waals surface area contributed by atoms with Gasteiger partial charge in [-0.25, -0.2) is 0 Å². The van der Waals surface area contributed by atoms with Gasteiger partial charge in [-0.3, -0.25) is 9.59 Å². The van der Waals surface area contributed by atoms with Crippen molar-refractivity contribution in [2.75, 3.05) is 6.54 Å². The monoisotopic (exact) mass is 265 g/mol. The minimum atomic E-state index is -0.767. The van der Waals surface area contributed by atoms with Crippen LogP contribution in [0.25, 0.3) is 0 Å². The average Bonchev–Trinajstić information content (AvgIpc) is 2.93. The van der Waals surface area contributed by atoms with Gasteiger partial charge in [0, 0.05) is 12.5 Å². The van der Waals surface area contributed by atoms with Crippen LogP contribution in [0.3, 0.4) is 0 Å². The third-order valence-corrected chi connectivity index (χ3v) is 4.41. The summed E-state index contributed by atoms with van der Waals surface area (Å²) in [6.07, 6.45) is 11.0. The topological polar surface area (TPSA) is 66.4 Å². The molecule has 4 nitrogen and oxygen atoms in total. The van der Waals surface area contributed by atoms with Crippen molar-refractivity contribution >= 4 is 11.9 Å². The molecule has 2 aliphatic rings. The maximum absolute atomic E-state index is 11.9. The van der Waals surface area contributed by atoms with E-state index in [2.05, 4.69) is 5.32 Å². The molecule has 1 atom stereocenters. The highest BCUT2D eigenvalue weighted by molar-refractivity contribution is 5.80. The lowest BCUT2D eigenvalue weighted by atomic mass is 9.80. The Labute approximate surface area is 114 Å². The lowest BCUT2D eigenvalue weighted by molar-refractivity contribution is -0.144. The van der Waals surface area contributed by atoms with Crippen LogP contribution in [0.15, 0.2) is 12.2 Å². The second-order valence-corrected chi connectivity index (χ2v) is 5.73. The van der Waals surface area contributed by atoms with Crippen molar-refractivity contribution < 1.29 is 14.7 Å². The minimum absolute atomic E-state index is 0.00654. The summed E-state index contributed by atoms with van der Waals surface area (Å²) in [7, 11) is 0. The number of aliphatic carboxylic acids is 1. The van der Waals surface area contributed by atoms with Crippen LogP contribution in [0.4, 0.5) is 0 Å². The van der Waals surface area contributed by atoms with E-state index in [-0.39, 0.29) is 24.3 Å². The van der Waals surface area contributed by atoms with Crippen molar-refractivity contribution in [1.82, 2.24) is 5.32 Å². The predicted octanol–water partition coefficient (Wildman–Crippen LogP) is 2.35. The van der Waals surface area contributed by atoms with Crippen molar-refractivity contribution in [2.45, 2.75) is 44.9 Å². The lowest BCUT2D eigenvalue weighted by Crippen LogP contribution is -2.39. The van der Waals surface area contributed by atoms with E-state index in [9.17, 15) is 14.7 Å². The number of hydrogen-bond acceptors (Lipinski definition) is 2. The fourth-order valence-corrected chi connectivity index (χ4v) is 3.18. The Morgan fingerprint density at radius 3 is 2.37 bits per heavy atom. The highest BCUT2D eigenvalue weighted by atomic mass is 16.4. The summed E-state index contributed by atoms with van der Waals surface area (Å²) < 4.78 is 0. The summed E-state index contributed by atoms with van der Waals surface area (Å²) in [5.74, 6) is -0.934. The summed E-state index contributed by atoms with van der Waals surface area (Å²) in [4.78, 5) is 23.3. The molecule has 19 heavy (non-hydrogen) atoms. The fraction of sp³-hybridized carbons (Fsp3) is 0.733. The first-order valence-electron chi connectivity index (χ1n) is 7.34. The summed E-state index contributed by atoms with van der Waals surface area (Å²) >= 11 is 0. The summed E-state index contributed by atoms with van der Waals surface area (Å²) in [5, 5.41) is 12.2. The van der Waals surface area contributed by atoms with Crippen LogP contribution in [0.2, 0.25) is 0 Å². The molecule has 106 valence electrons. The maximum atomic E-state index is 11.9. The standard InChI is InChI=1S/C15H23NO3/c17-14(12-8-4-5-9-12)16-10-13(15(18)19)11-6-2-1-3-7-11/h4-5,11-13H,1-3,6-10H2,(H,16,17)(H,18,19). The number of hydrogen-bond donors (Lipinski definition) is 2. The Morgan fingerprint density at radius 1 is 1.16 bits per heavy atom. The SMILES string of the molecule is O=C(NCC(C(=O)O)C1CCCCC1)C1CC=CC1. The van der Waals surface area contributed by atoms with E-state index in [1.165, 1.54) is 6.42 Å². The molecular weight excluding hydrogens is 242 g/mol. The van der Waals surface area contributed by atoms with E-state index >= 15 is 0 Å². The molecule has 0 aromatic rings. The van der Waals surface area contributed by atoms with Gasteiger partial charge in [0.05, 0.1) is 5.92 Å². The van der Waals surface area contributed by atoms with Crippen LogP contribution >= 0.6 is 0 Å². The lowest BCUT2D eigenvalue weighted by Gasteiger charge is -2.27. The third-order valence-electron chi connectivity index (χ3n) is 4.41. The molecular formula is C15H23NO3. The van der Waals surface area contributed by atoms with Gasteiger partial charge in [0.1, 0.15) is 0 Å². The van der Waals surface area contributed by atoms with E-state index in [1.807, 2.05) is 12.2 Å². The van der Waals surface area contributed by atoms with Gasteiger partial charge in [0.2, 0.25) is 5.91 Å². The zero-order valence-corrected chi connectivity index (χ0v) is 11.3. The number of amides is 1. The maximum Gasteiger partial charge on any atom is 0.308 e. The highest BCUT2D eigenvalue weighted by Gasteiger charge is 2.30. The van der Waals surface area contributed by atoms with Crippen molar-refractivity contribution in [3.8, 4) is 0 Å². The van der Waals surface area contributed by atoms with Crippen molar-refractivity contribution in [1.29, 1.82) is 0 Å². The van der Waals surface area contributed by atoms with Crippen LogP contribution in [-0.2, 0) is 9.59 Å². The molecule has 4 heteroatoms. The normalized spacial score (nSPS) is 22.3. The molecule has 2 N–H and O–H groups in total. The van der Waals surface area contributed by atoms with Gasteiger partial charge in [0.25, 0.3) is 0 Å². The number of carbonyl (C=O) groups is 2. The van der Waals surface area contributed by atoms with Gasteiger partial charge in [-0.1, -0.05) is 31.4 Å². The van der Waals surface area contributed by atoms with Crippen molar-refractivity contribution in [2.24, 2.45) is 17.8 Å². The van der Waals surface area contributed by atoms with Gasteiger partial charge in [0.15, 0.2) is 0 Å². The molecule has 0 bridgehead atoms. The predicted molar refractivity (Wildman–Crippen MR) is 72.6 cm³/mol. The number of carbonyl (C=O) groups excluding carboxylic acids is 1. The second kappa shape index (κ2) is 6.73. The molecule has 0 aliphatic heterocycles. The van der Waals surface area contributed by atoms with Crippen LogP contribution < -0.4 is 5.32 Å². The average molecular weight is 265 g/mol. The molecule has 0 aromatic heterocycles. The van der Waals surface area contributed by atoms with Gasteiger partial charge < -0.3 is 10.4 Å². The Hall–Kier alpha value is -1.32. The molecule has 0 aromatic carbocycles. The molecule has 0 saturated heterocycles. The van der Waals surface area contributed by atoms with Gasteiger partial charge in [-0.05, 0) is 31.6 Å². The zero-order valence-electron chi connectivity index (χ0n) is 11.3. The first-order valence-corrected chi connectivity index (χ1v) is 7.34. The number of rotatable bonds is 5. The Kier molecular flexibility index (Phi) is 5.00. The summed E-state index contributed by atoms with van der Waals surface area (Å²) in [6, 6.07) is 0. The summed E-state index contributed by atoms with van der Waals surface area (Å²) in [6.45, 7) is 0.287. The van der Waals surface area contributed by atoms with E-state index < -0.39 is 11.9 Å². The molecule has 1 saturated carbocycles. The van der Waals surface area contributed by atoms with Crippen LogP contribution in [0, 0.1) is 17.8 Å². The Morgan fingerprint density at radius 2 is 1.79 bits per heavy atom. The summed E-state index contributed by atoms with van der Waals surface area (Å²) in [5.41, 5.74) is 0. The largest absolute Gasteiger partial charge is 0.481 e. The Balaban J connectivity index is 1.82. The Bertz CT molecular complexity index is 350. The second-order valence-electron chi connectivity index (χ2n) is 5.73. The van der Waals surface area contributed by atoms with Crippen molar-refractivity contribution in [3.63, 3.8) is 0 Å². The molecule has 0 spiro atoms. The number of carboxylic acid groups (broad SMARTS) is 1. The minimum Gasteiger partial charge on any atom is -0.481 e. The highest BCUT2D eigenvalue weighted by Crippen LogP contribution is 2.30. The number of carboxylic acids is 1. The molecule has 0 radical (unpaired) electrons. The third kappa shape index (κ3) is 3.82. The number of allylic oxidation sites excluding steroid dienone is 2. The first-order chi connectivity index (χ1) is 9.18. The van der Waals surface area contributed by atoms with E-state index in [1.54, 1.807) is 0 Å². The van der Waals surface area contributed by atoms with E-state index in [0.717, 1.165) is 38.5 Å².